The zero-order valence-electron chi connectivity index (χ0n) is 14.3. The molecule has 0 saturated heterocycles. The number of aromatic nitrogens is 1. The number of amides is 1. The molecule has 0 aliphatic carbocycles. The lowest BCUT2D eigenvalue weighted by Gasteiger charge is -2.17. The maximum atomic E-state index is 12.5. The van der Waals surface area contributed by atoms with Gasteiger partial charge in [0.1, 0.15) is 0 Å². The van der Waals surface area contributed by atoms with Gasteiger partial charge in [0.2, 0.25) is 0 Å². The number of carbonyl (C=O) groups excluding carboxylic acids is 2. The fourth-order valence-electron chi connectivity index (χ4n) is 2.65. The molecule has 0 radical (unpaired) electrons. The Bertz CT molecular complexity index is 921. The highest BCUT2D eigenvalue weighted by Crippen LogP contribution is 2.36. The molecule has 2 aromatic rings. The van der Waals surface area contributed by atoms with Crippen molar-refractivity contribution in [3.8, 4) is 0 Å². The number of nitrogens with one attached hydrogen (secondary N) is 2. The van der Waals surface area contributed by atoms with Gasteiger partial charge in [-0.2, -0.15) is 0 Å². The van der Waals surface area contributed by atoms with Gasteiger partial charge in [-0.05, 0) is 19.9 Å². The van der Waals surface area contributed by atoms with Crippen LogP contribution in [-0.2, 0) is 16.8 Å². The highest BCUT2D eigenvalue weighted by atomic mass is 32.1. The number of ether oxygens (including phenoxy) is 1. The molecule has 1 aromatic carbocycles. The van der Waals surface area contributed by atoms with Gasteiger partial charge in [-0.25, -0.2) is 9.78 Å². The molecule has 1 amide bonds. The Balaban J connectivity index is 1.89. The Labute approximate surface area is 152 Å². The Kier molecular flexibility index (Phi) is 4.46. The second-order valence-corrected chi connectivity index (χ2v) is 7.32. The number of carbonyl (C=O) groups is 2. The van der Waals surface area contributed by atoms with E-state index in [0.29, 0.717) is 11.7 Å². The molecule has 0 spiro atoms. The van der Waals surface area contributed by atoms with Crippen molar-refractivity contribution in [2.45, 2.75) is 25.9 Å². The number of nitro groups is 1. The first-order valence-corrected chi connectivity index (χ1v) is 8.47. The van der Waals surface area contributed by atoms with Gasteiger partial charge in [-0.15, -0.1) is 0 Å². The van der Waals surface area contributed by atoms with Crippen LogP contribution in [0.4, 0.5) is 10.8 Å². The second-order valence-electron chi connectivity index (χ2n) is 6.24. The summed E-state index contributed by atoms with van der Waals surface area (Å²) in [6.07, 6.45) is 0. The first-order chi connectivity index (χ1) is 12.2. The van der Waals surface area contributed by atoms with E-state index < -0.39 is 16.8 Å². The quantitative estimate of drug-likeness (QED) is 0.477. The Morgan fingerprint density at radius 2 is 2.04 bits per heavy atom. The summed E-state index contributed by atoms with van der Waals surface area (Å²) in [7, 11) is 1.16. The molecule has 0 bridgehead atoms. The molecule has 2 N–H and O–H groups in total. The first kappa shape index (κ1) is 18.0. The van der Waals surface area contributed by atoms with Gasteiger partial charge in [0.15, 0.2) is 5.13 Å². The van der Waals surface area contributed by atoms with E-state index in [1.165, 1.54) is 17.4 Å². The van der Waals surface area contributed by atoms with Crippen LogP contribution in [0.5, 0.6) is 0 Å². The molecule has 9 nitrogen and oxygen atoms in total. The number of fused-ring (bicyclic) bond motifs is 1. The highest BCUT2D eigenvalue weighted by Gasteiger charge is 2.33. The summed E-state index contributed by atoms with van der Waals surface area (Å²) in [5, 5.41) is 17.4. The molecule has 1 aliphatic rings. The van der Waals surface area contributed by atoms with Gasteiger partial charge in [-0.3, -0.25) is 20.2 Å². The van der Waals surface area contributed by atoms with E-state index in [-0.39, 0.29) is 22.4 Å². The van der Waals surface area contributed by atoms with Crippen LogP contribution < -0.4 is 10.6 Å². The van der Waals surface area contributed by atoms with Crippen LogP contribution >= 0.6 is 11.3 Å². The molecule has 2 heterocycles. The van der Waals surface area contributed by atoms with Gasteiger partial charge < -0.3 is 10.1 Å². The van der Waals surface area contributed by atoms with E-state index in [2.05, 4.69) is 20.4 Å². The summed E-state index contributed by atoms with van der Waals surface area (Å²) in [4.78, 5) is 40.1. The number of rotatable bonds is 4. The van der Waals surface area contributed by atoms with E-state index >= 15 is 0 Å². The summed E-state index contributed by atoms with van der Waals surface area (Å²) < 4.78 is 4.58. The lowest BCUT2D eigenvalue weighted by atomic mass is 10.0. The summed E-state index contributed by atoms with van der Waals surface area (Å²) >= 11 is 1.34. The first-order valence-electron chi connectivity index (χ1n) is 7.65. The largest absolute Gasteiger partial charge is 0.465 e. The molecule has 0 saturated carbocycles. The normalized spacial score (nSPS) is 14.6. The van der Waals surface area contributed by atoms with Crippen LogP contribution in [0.3, 0.4) is 0 Å². The maximum absolute atomic E-state index is 12.5. The van der Waals surface area contributed by atoms with Gasteiger partial charge in [0, 0.05) is 29.1 Å². The topological polar surface area (TPSA) is 123 Å². The van der Waals surface area contributed by atoms with E-state index in [9.17, 15) is 19.7 Å². The monoisotopic (exact) mass is 376 g/mol. The van der Waals surface area contributed by atoms with Gasteiger partial charge in [-0.1, -0.05) is 11.3 Å². The molecule has 136 valence electrons. The fraction of sp³-hybridized carbons (Fsp3) is 0.312. The van der Waals surface area contributed by atoms with Crippen molar-refractivity contribution < 1.29 is 19.2 Å². The van der Waals surface area contributed by atoms with Crippen molar-refractivity contribution in [3.05, 3.63) is 50.0 Å². The molecular formula is C16H16N4O5S. The number of non-ortho nitro benzene ring substituents is 1. The number of hydrogen-bond acceptors (Lipinski definition) is 8. The molecule has 1 aromatic heterocycles. The van der Waals surface area contributed by atoms with Gasteiger partial charge >= 0.3 is 5.97 Å². The van der Waals surface area contributed by atoms with Crippen LogP contribution in [-0.4, -0.2) is 28.9 Å². The van der Waals surface area contributed by atoms with Crippen molar-refractivity contribution in [2.24, 2.45) is 0 Å². The number of benzene rings is 1. The molecule has 3 rings (SSSR count). The van der Waals surface area contributed by atoms with E-state index in [4.69, 9.17) is 0 Å². The van der Waals surface area contributed by atoms with E-state index in [0.717, 1.165) is 29.8 Å². The summed E-state index contributed by atoms with van der Waals surface area (Å²) in [6, 6.07) is 3.42. The molecule has 0 fully saturated rings. The third-order valence-corrected chi connectivity index (χ3v) is 4.98. The molecular weight excluding hydrogens is 360 g/mol. The number of esters is 1. The Hall–Kier alpha value is -2.85. The van der Waals surface area contributed by atoms with Crippen LogP contribution in [0.15, 0.2) is 18.2 Å². The minimum Gasteiger partial charge on any atom is -0.465 e. The highest BCUT2D eigenvalue weighted by molar-refractivity contribution is 7.16. The lowest BCUT2D eigenvalue weighted by molar-refractivity contribution is -0.384. The average molecular weight is 376 g/mol. The third kappa shape index (κ3) is 3.28. The van der Waals surface area contributed by atoms with Gasteiger partial charge in [0.05, 0.1) is 28.8 Å². The van der Waals surface area contributed by atoms with E-state index in [1.54, 1.807) is 0 Å². The smallest absolute Gasteiger partial charge is 0.338 e. The molecule has 1 aliphatic heterocycles. The number of methoxy groups -OCH3 is 1. The second kappa shape index (κ2) is 6.46. The van der Waals surface area contributed by atoms with Crippen molar-refractivity contribution in [2.75, 3.05) is 12.4 Å². The minimum absolute atomic E-state index is 0.0210. The summed E-state index contributed by atoms with van der Waals surface area (Å²) in [5.41, 5.74) is 0.126. The molecule has 10 heteroatoms. The zero-order valence-corrected chi connectivity index (χ0v) is 15.1. The fourth-order valence-corrected chi connectivity index (χ4v) is 3.71. The lowest BCUT2D eigenvalue weighted by Crippen LogP contribution is -2.29. The van der Waals surface area contributed by atoms with Crippen molar-refractivity contribution in [1.82, 2.24) is 10.3 Å². The number of hydrogen-bond donors (Lipinski definition) is 2. The zero-order chi connectivity index (χ0) is 19.1. The number of thiazole rings is 1. The van der Waals surface area contributed by atoms with Crippen LogP contribution in [0, 0.1) is 10.1 Å². The van der Waals surface area contributed by atoms with Crippen molar-refractivity contribution in [3.63, 3.8) is 0 Å². The third-order valence-electron chi connectivity index (χ3n) is 4.01. The Morgan fingerprint density at radius 1 is 1.35 bits per heavy atom. The molecule has 0 unspecified atom stereocenters. The van der Waals surface area contributed by atoms with Crippen LogP contribution in [0.2, 0.25) is 0 Å². The van der Waals surface area contributed by atoms with Crippen molar-refractivity contribution in [1.29, 1.82) is 0 Å². The van der Waals surface area contributed by atoms with E-state index in [1.807, 2.05) is 13.8 Å². The maximum Gasteiger partial charge on any atom is 0.338 e. The van der Waals surface area contributed by atoms with Crippen LogP contribution in [0.1, 0.15) is 45.1 Å². The molecule has 0 atom stereocenters. The predicted octanol–water partition coefficient (Wildman–Crippen LogP) is 2.43. The van der Waals surface area contributed by atoms with Crippen molar-refractivity contribution >= 4 is 34.0 Å². The Morgan fingerprint density at radius 3 is 2.65 bits per heavy atom. The number of nitro benzene ring substituents is 1. The number of anilines is 1. The number of nitrogens with zero attached hydrogens (tertiary/aromatic N) is 2. The minimum atomic E-state index is -0.760. The SMILES string of the molecule is COC(=O)c1cc(C(=O)Nc2nc3c(s2)CNC3(C)C)cc([N+](=O)[O-])c1. The van der Waals surface area contributed by atoms with Gasteiger partial charge in [0.25, 0.3) is 11.6 Å². The predicted molar refractivity (Wildman–Crippen MR) is 94.4 cm³/mol. The molecule has 26 heavy (non-hydrogen) atoms. The van der Waals surface area contributed by atoms with Crippen LogP contribution in [0.25, 0.3) is 0 Å². The average Bonchev–Trinajstić information content (AvgIpc) is 3.13. The standard InChI is InChI=1S/C16H16N4O5S/c1-16(2)12-11(7-17-16)26-15(18-12)19-13(21)8-4-9(14(22)25-3)6-10(5-8)20(23)24/h4-6,17H,7H2,1-3H3,(H,18,19,21). The summed E-state index contributed by atoms with van der Waals surface area (Å²) in [5.74, 6) is -1.35. The summed E-state index contributed by atoms with van der Waals surface area (Å²) in [6.45, 7) is 4.65.